The Bertz CT molecular complexity index is 3180. The molecule has 2 heterocycles. The number of nitrogens with zero attached hydrogens (tertiary/aromatic N) is 1. The van der Waals surface area contributed by atoms with Gasteiger partial charge in [0, 0.05) is 44.2 Å². The molecule has 258 valence electrons. The molecule has 9 aromatic carbocycles. The quantitative estimate of drug-likeness (QED) is 0.173. The molecular weight excluding hydrogens is 671 g/mol. The third-order valence-electron chi connectivity index (χ3n) is 10.8. The molecule has 11 rings (SSSR count). The van der Waals surface area contributed by atoms with Crippen LogP contribution in [0.15, 0.2) is 209 Å². The molecule has 0 N–H and O–H groups in total. The molecule has 0 saturated carbocycles. The summed E-state index contributed by atoms with van der Waals surface area (Å²) in [5.41, 5.74) is 13.5. The monoisotopic (exact) mass is 703 g/mol. The Morgan fingerprint density at radius 3 is 1.64 bits per heavy atom. The van der Waals surface area contributed by atoms with E-state index < -0.39 is 0 Å². The van der Waals surface area contributed by atoms with Crippen LogP contribution in [0.4, 0.5) is 17.1 Å². The molecule has 0 fully saturated rings. The summed E-state index contributed by atoms with van der Waals surface area (Å²) in [4.78, 5) is 2.33. The van der Waals surface area contributed by atoms with Gasteiger partial charge in [0.1, 0.15) is 22.3 Å². The zero-order valence-corrected chi connectivity index (χ0v) is 29.8. The molecule has 3 nitrogen and oxygen atoms in total. The maximum atomic E-state index is 6.83. The Morgan fingerprint density at radius 1 is 0.309 bits per heavy atom. The first-order valence-corrected chi connectivity index (χ1v) is 18.7. The van der Waals surface area contributed by atoms with Crippen LogP contribution in [0.25, 0.3) is 88.0 Å². The van der Waals surface area contributed by atoms with Crippen molar-refractivity contribution in [1.29, 1.82) is 0 Å². The van der Waals surface area contributed by atoms with E-state index in [4.69, 9.17) is 8.83 Å². The second-order valence-electron chi connectivity index (χ2n) is 14.1. The minimum absolute atomic E-state index is 0.849. The largest absolute Gasteiger partial charge is 0.456 e. The summed E-state index contributed by atoms with van der Waals surface area (Å²) < 4.78 is 13.3. The van der Waals surface area contributed by atoms with Gasteiger partial charge in [0.05, 0.1) is 0 Å². The minimum atomic E-state index is 0.849. The molecule has 0 aliphatic carbocycles. The highest BCUT2D eigenvalue weighted by Gasteiger charge is 2.21. The van der Waals surface area contributed by atoms with Crippen molar-refractivity contribution in [3.05, 3.63) is 200 Å². The van der Waals surface area contributed by atoms with Gasteiger partial charge in [0.25, 0.3) is 0 Å². The molecule has 0 bridgehead atoms. The number of para-hydroxylation sites is 1. The molecule has 0 radical (unpaired) electrons. The maximum Gasteiger partial charge on any atom is 0.144 e. The summed E-state index contributed by atoms with van der Waals surface area (Å²) in [7, 11) is 0. The van der Waals surface area contributed by atoms with Crippen molar-refractivity contribution in [1.82, 2.24) is 0 Å². The van der Waals surface area contributed by atoms with Gasteiger partial charge in [0.2, 0.25) is 0 Å². The minimum Gasteiger partial charge on any atom is -0.456 e. The smallest absolute Gasteiger partial charge is 0.144 e. The van der Waals surface area contributed by atoms with Crippen molar-refractivity contribution in [3.8, 4) is 33.4 Å². The third kappa shape index (κ3) is 5.28. The Morgan fingerprint density at radius 2 is 0.891 bits per heavy atom. The average molecular weight is 704 g/mol. The van der Waals surface area contributed by atoms with E-state index in [1.54, 1.807) is 0 Å². The van der Waals surface area contributed by atoms with Gasteiger partial charge in [-0.3, -0.25) is 0 Å². The van der Waals surface area contributed by atoms with Gasteiger partial charge in [0.15, 0.2) is 0 Å². The van der Waals surface area contributed by atoms with Crippen molar-refractivity contribution in [2.45, 2.75) is 0 Å². The Kier molecular flexibility index (Phi) is 7.17. The van der Waals surface area contributed by atoms with Crippen LogP contribution in [-0.4, -0.2) is 0 Å². The van der Waals surface area contributed by atoms with Crippen molar-refractivity contribution < 1.29 is 8.83 Å². The first kappa shape index (κ1) is 31.2. The Hall–Kier alpha value is -7.36. The van der Waals surface area contributed by atoms with Crippen LogP contribution in [0.2, 0.25) is 0 Å². The van der Waals surface area contributed by atoms with Gasteiger partial charge in [-0.15, -0.1) is 0 Å². The van der Waals surface area contributed by atoms with Gasteiger partial charge < -0.3 is 13.7 Å². The molecule has 0 atom stereocenters. The zero-order valence-electron chi connectivity index (χ0n) is 29.8. The number of hydrogen-bond donors (Lipinski definition) is 0. The first-order valence-electron chi connectivity index (χ1n) is 18.7. The number of furan rings is 2. The zero-order chi connectivity index (χ0) is 36.3. The second-order valence-corrected chi connectivity index (χ2v) is 14.1. The van der Waals surface area contributed by atoms with Crippen LogP contribution in [0.5, 0.6) is 0 Å². The van der Waals surface area contributed by atoms with Gasteiger partial charge in [-0.2, -0.15) is 0 Å². The van der Waals surface area contributed by atoms with Gasteiger partial charge in [-0.25, -0.2) is 0 Å². The highest BCUT2D eigenvalue weighted by Crippen LogP contribution is 2.45. The van der Waals surface area contributed by atoms with Crippen LogP contribution in [-0.2, 0) is 0 Å². The maximum absolute atomic E-state index is 6.83. The first-order chi connectivity index (χ1) is 27.2. The van der Waals surface area contributed by atoms with E-state index in [2.05, 4.69) is 187 Å². The molecule has 11 aromatic rings. The number of rotatable bonds is 6. The van der Waals surface area contributed by atoms with Crippen molar-refractivity contribution >= 4 is 71.7 Å². The third-order valence-corrected chi connectivity index (χ3v) is 10.8. The van der Waals surface area contributed by atoms with Crippen molar-refractivity contribution in [2.24, 2.45) is 0 Å². The Balaban J connectivity index is 1.01. The predicted molar refractivity (Wildman–Crippen MR) is 229 cm³/mol. The summed E-state index contributed by atoms with van der Waals surface area (Å²) in [6, 6.07) is 70.8. The van der Waals surface area contributed by atoms with E-state index >= 15 is 0 Å². The summed E-state index contributed by atoms with van der Waals surface area (Å²) in [6.45, 7) is 0. The van der Waals surface area contributed by atoms with E-state index in [0.29, 0.717) is 0 Å². The molecule has 0 amide bonds. The molecule has 0 aliphatic heterocycles. The fourth-order valence-electron chi connectivity index (χ4n) is 8.17. The summed E-state index contributed by atoms with van der Waals surface area (Å²) in [5.74, 6) is 0. The standard InChI is InChI=1S/C52H33NO2/c1-3-11-34(12-4-1)36-19-25-41(26-20-36)53(43-29-23-35-13-7-8-16-39(35)31-43)42-27-21-37(22-28-42)40-24-30-44-46-33-49-51(45-17-9-10-18-47(45)54-49)50(38-14-5-2-6-15-38)52(46)55-48(44)32-40/h1-33H. The fraction of sp³-hybridized carbons (Fsp3) is 0. The summed E-state index contributed by atoms with van der Waals surface area (Å²) in [5, 5.41) is 6.71. The highest BCUT2D eigenvalue weighted by molar-refractivity contribution is 6.23. The number of fused-ring (bicyclic) bond motifs is 7. The van der Waals surface area contributed by atoms with E-state index in [-0.39, 0.29) is 0 Å². The van der Waals surface area contributed by atoms with E-state index in [9.17, 15) is 0 Å². The molecular formula is C52H33NO2. The molecule has 0 spiro atoms. The second kappa shape index (κ2) is 12.6. The molecule has 2 aromatic heterocycles. The fourth-order valence-corrected chi connectivity index (χ4v) is 8.17. The lowest BCUT2D eigenvalue weighted by Gasteiger charge is -2.26. The van der Waals surface area contributed by atoms with Crippen LogP contribution < -0.4 is 4.90 Å². The Labute approximate surface area is 317 Å². The van der Waals surface area contributed by atoms with Gasteiger partial charge in [-0.1, -0.05) is 140 Å². The van der Waals surface area contributed by atoms with Crippen LogP contribution in [0, 0.1) is 0 Å². The number of benzene rings is 9. The predicted octanol–water partition coefficient (Wildman–Crippen LogP) is 15.1. The van der Waals surface area contributed by atoms with E-state index in [1.807, 2.05) is 18.2 Å². The van der Waals surface area contributed by atoms with Gasteiger partial charge in [-0.05, 0) is 99.3 Å². The lowest BCUT2D eigenvalue weighted by molar-refractivity contribution is 0.664. The van der Waals surface area contributed by atoms with Gasteiger partial charge >= 0.3 is 0 Å². The molecule has 3 heteroatoms. The van der Waals surface area contributed by atoms with Crippen LogP contribution >= 0.6 is 0 Å². The van der Waals surface area contributed by atoms with Crippen molar-refractivity contribution in [2.75, 3.05) is 4.90 Å². The molecule has 0 unspecified atom stereocenters. The molecule has 0 aliphatic rings. The number of anilines is 3. The van der Waals surface area contributed by atoms with Crippen LogP contribution in [0.1, 0.15) is 0 Å². The summed E-state index contributed by atoms with van der Waals surface area (Å²) in [6.07, 6.45) is 0. The molecule has 55 heavy (non-hydrogen) atoms. The number of hydrogen-bond acceptors (Lipinski definition) is 3. The topological polar surface area (TPSA) is 29.5 Å². The normalized spacial score (nSPS) is 11.6. The average Bonchev–Trinajstić information content (AvgIpc) is 3.81. The van der Waals surface area contributed by atoms with E-state index in [0.717, 1.165) is 83.2 Å². The highest BCUT2D eigenvalue weighted by atomic mass is 16.3. The van der Waals surface area contributed by atoms with Crippen molar-refractivity contribution in [3.63, 3.8) is 0 Å². The van der Waals surface area contributed by atoms with Crippen LogP contribution in [0.3, 0.4) is 0 Å². The summed E-state index contributed by atoms with van der Waals surface area (Å²) >= 11 is 0. The molecule has 0 saturated heterocycles. The van der Waals surface area contributed by atoms with E-state index in [1.165, 1.54) is 21.9 Å². The lowest BCUT2D eigenvalue weighted by atomic mass is 9.96. The SMILES string of the molecule is c1ccc(-c2ccc(N(c3ccc(-c4ccc5c(c4)oc4c(-c6ccccc6)c6c(cc45)oc4ccccc46)cc3)c3ccc4ccccc4c3)cc2)cc1. The lowest BCUT2D eigenvalue weighted by Crippen LogP contribution is -2.09.